The summed E-state index contributed by atoms with van der Waals surface area (Å²) in [6, 6.07) is 7.84. The van der Waals surface area contributed by atoms with E-state index in [1.807, 2.05) is 31.2 Å². The van der Waals surface area contributed by atoms with Crippen molar-refractivity contribution in [1.29, 1.82) is 0 Å². The first kappa shape index (κ1) is 7.79. The molecule has 0 aliphatic carbocycles. The van der Waals surface area contributed by atoms with Gasteiger partial charge in [0.15, 0.2) is 6.54 Å². The van der Waals surface area contributed by atoms with E-state index in [2.05, 4.69) is 6.72 Å². The van der Waals surface area contributed by atoms with Gasteiger partial charge in [0.25, 0.3) is 0 Å². The number of nitrogens with zero attached hydrogens (tertiary/aromatic N) is 1. The van der Waals surface area contributed by atoms with E-state index in [1.165, 1.54) is 5.56 Å². The van der Waals surface area contributed by atoms with Crippen LogP contribution in [-0.2, 0) is 6.54 Å². The highest BCUT2D eigenvalue weighted by atomic mass is 16.5. The van der Waals surface area contributed by atoms with Gasteiger partial charge in [-0.15, -0.1) is 0 Å². The van der Waals surface area contributed by atoms with E-state index >= 15 is 0 Å². The van der Waals surface area contributed by atoms with Gasteiger partial charge in [0.2, 0.25) is 0 Å². The van der Waals surface area contributed by atoms with Crippen LogP contribution in [0.2, 0.25) is 0 Å². The number of hydrogen-bond donors (Lipinski definition) is 0. The average molecular weight is 149 g/mol. The molecule has 0 saturated heterocycles. The summed E-state index contributed by atoms with van der Waals surface area (Å²) in [6.45, 7) is 5.61. The lowest BCUT2D eigenvalue weighted by Crippen LogP contribution is -1.98. The van der Waals surface area contributed by atoms with Gasteiger partial charge in [-0.1, -0.05) is 29.8 Å². The Labute approximate surface area is 66.4 Å². The fourth-order valence-corrected chi connectivity index (χ4v) is 0.897. The van der Waals surface area contributed by atoms with E-state index in [4.69, 9.17) is 0 Å². The molecule has 0 saturated carbocycles. The molecule has 0 aromatic heterocycles. The van der Waals surface area contributed by atoms with E-state index in [1.54, 1.807) is 0 Å². The van der Waals surface area contributed by atoms with Gasteiger partial charge in [-0.05, 0) is 6.92 Å². The van der Waals surface area contributed by atoms with E-state index < -0.39 is 0 Å². The molecule has 58 valence electrons. The van der Waals surface area contributed by atoms with Crippen molar-refractivity contribution in [3.8, 4) is 0 Å². The van der Waals surface area contributed by atoms with Crippen molar-refractivity contribution in [3.05, 3.63) is 40.6 Å². The van der Waals surface area contributed by atoms with Gasteiger partial charge in [0, 0.05) is 5.56 Å². The zero-order valence-corrected chi connectivity index (χ0v) is 6.58. The molecule has 11 heavy (non-hydrogen) atoms. The Hall–Kier alpha value is -1.31. The second kappa shape index (κ2) is 3.19. The highest BCUT2D eigenvalue weighted by Crippen LogP contribution is 2.03. The van der Waals surface area contributed by atoms with Crippen LogP contribution in [-0.4, -0.2) is 11.5 Å². The monoisotopic (exact) mass is 149 g/mol. The summed E-state index contributed by atoms with van der Waals surface area (Å²) in [6.07, 6.45) is 0. The summed E-state index contributed by atoms with van der Waals surface area (Å²) in [4.78, 5) is 0. The molecule has 1 rings (SSSR count). The fraction of sp³-hybridized carbons (Fsp3) is 0.222. The van der Waals surface area contributed by atoms with Crippen LogP contribution in [0.3, 0.4) is 0 Å². The molecular weight excluding hydrogens is 138 g/mol. The molecule has 0 radical (unpaired) electrons. The molecule has 0 spiro atoms. The van der Waals surface area contributed by atoms with Gasteiger partial charge in [-0.2, -0.15) is 0 Å². The van der Waals surface area contributed by atoms with Gasteiger partial charge in [0.1, 0.15) is 6.72 Å². The number of aryl methyl sites for hydroxylation is 1. The summed E-state index contributed by atoms with van der Waals surface area (Å²) < 4.78 is 0.671. The summed E-state index contributed by atoms with van der Waals surface area (Å²) in [5.41, 5.74) is 2.20. The van der Waals surface area contributed by atoms with Crippen molar-refractivity contribution >= 4 is 6.72 Å². The molecule has 0 heterocycles. The Balaban J connectivity index is 2.74. The zero-order valence-electron chi connectivity index (χ0n) is 6.58. The van der Waals surface area contributed by atoms with Crippen molar-refractivity contribution in [2.24, 2.45) is 0 Å². The quantitative estimate of drug-likeness (QED) is 0.272. The van der Waals surface area contributed by atoms with Gasteiger partial charge >= 0.3 is 0 Å². The maximum absolute atomic E-state index is 10.5. The maximum atomic E-state index is 10.5. The summed E-state index contributed by atoms with van der Waals surface area (Å²) in [7, 11) is 0. The molecule has 0 amide bonds. The third-order valence-electron chi connectivity index (χ3n) is 1.48. The Morgan fingerprint density at radius 2 is 1.91 bits per heavy atom. The Morgan fingerprint density at radius 1 is 1.36 bits per heavy atom. The van der Waals surface area contributed by atoms with Crippen molar-refractivity contribution in [1.82, 2.24) is 0 Å². The molecule has 0 aliphatic rings. The number of hydroxylamine groups is 1. The van der Waals surface area contributed by atoms with Crippen LogP contribution in [0.25, 0.3) is 0 Å². The molecule has 1 aromatic carbocycles. The fourth-order valence-electron chi connectivity index (χ4n) is 0.897. The first-order valence-electron chi connectivity index (χ1n) is 3.49. The minimum Gasteiger partial charge on any atom is -0.624 e. The van der Waals surface area contributed by atoms with Crippen LogP contribution in [0.1, 0.15) is 11.1 Å². The lowest BCUT2D eigenvalue weighted by atomic mass is 10.1. The molecule has 0 fully saturated rings. The minimum absolute atomic E-state index is 0.361. The van der Waals surface area contributed by atoms with E-state index in [-0.39, 0.29) is 0 Å². The zero-order chi connectivity index (χ0) is 8.27. The SMILES string of the molecule is C=[N+]([O-])Cc1ccc(C)cc1. The number of benzene rings is 1. The van der Waals surface area contributed by atoms with Crippen LogP contribution in [0.15, 0.2) is 24.3 Å². The van der Waals surface area contributed by atoms with Crippen molar-refractivity contribution in [3.63, 3.8) is 0 Å². The summed E-state index contributed by atoms with van der Waals surface area (Å²) >= 11 is 0. The standard InChI is InChI=1S/C9H11NO/c1-8-3-5-9(6-4-8)7-10(2)11/h3-6H,2,7H2,1H3. The van der Waals surface area contributed by atoms with Gasteiger partial charge in [-0.25, -0.2) is 4.74 Å². The van der Waals surface area contributed by atoms with Crippen LogP contribution in [0.4, 0.5) is 0 Å². The molecule has 1 aromatic rings. The predicted molar refractivity (Wildman–Crippen MR) is 45.6 cm³/mol. The summed E-state index contributed by atoms with van der Waals surface area (Å²) in [5.74, 6) is 0. The van der Waals surface area contributed by atoms with Gasteiger partial charge in [0.05, 0.1) is 0 Å². The first-order valence-corrected chi connectivity index (χ1v) is 3.49. The van der Waals surface area contributed by atoms with Gasteiger partial charge in [-0.3, -0.25) is 0 Å². The van der Waals surface area contributed by atoms with Crippen molar-refractivity contribution < 1.29 is 4.74 Å². The molecule has 2 heteroatoms. The summed E-state index contributed by atoms with van der Waals surface area (Å²) in [5, 5.41) is 10.5. The van der Waals surface area contributed by atoms with Crippen LogP contribution < -0.4 is 0 Å². The highest BCUT2D eigenvalue weighted by Gasteiger charge is 1.93. The Kier molecular flexibility index (Phi) is 2.26. The Morgan fingerprint density at radius 3 is 2.36 bits per heavy atom. The molecule has 0 aliphatic heterocycles. The molecule has 0 unspecified atom stereocenters. The maximum Gasteiger partial charge on any atom is 0.178 e. The second-order valence-corrected chi connectivity index (χ2v) is 2.63. The van der Waals surface area contributed by atoms with Gasteiger partial charge < -0.3 is 5.21 Å². The smallest absolute Gasteiger partial charge is 0.178 e. The van der Waals surface area contributed by atoms with Crippen LogP contribution >= 0.6 is 0 Å². The molecule has 0 N–H and O–H groups in total. The third-order valence-corrected chi connectivity index (χ3v) is 1.48. The van der Waals surface area contributed by atoms with E-state index in [0.717, 1.165) is 5.56 Å². The second-order valence-electron chi connectivity index (χ2n) is 2.63. The average Bonchev–Trinajstić information content (AvgIpc) is 1.93. The minimum atomic E-state index is 0.361. The number of rotatable bonds is 2. The topological polar surface area (TPSA) is 26.1 Å². The van der Waals surface area contributed by atoms with Crippen LogP contribution in [0.5, 0.6) is 0 Å². The molecule has 0 bridgehead atoms. The van der Waals surface area contributed by atoms with Crippen molar-refractivity contribution in [2.75, 3.05) is 0 Å². The predicted octanol–water partition coefficient (Wildman–Crippen LogP) is 1.71. The lowest BCUT2D eigenvalue weighted by molar-refractivity contribution is -0.465. The van der Waals surface area contributed by atoms with Crippen LogP contribution in [0, 0.1) is 12.1 Å². The third kappa shape index (κ3) is 2.42. The normalized spacial score (nSPS) is 9.55. The molecular formula is C9H11NO. The Bertz CT molecular complexity index is 251. The largest absolute Gasteiger partial charge is 0.624 e. The van der Waals surface area contributed by atoms with E-state index in [0.29, 0.717) is 11.3 Å². The molecule has 0 atom stereocenters. The number of hydrogen-bond acceptors (Lipinski definition) is 1. The molecule has 2 nitrogen and oxygen atoms in total. The first-order chi connectivity index (χ1) is 5.18. The lowest BCUT2D eigenvalue weighted by Gasteiger charge is -2.01. The van der Waals surface area contributed by atoms with Crippen molar-refractivity contribution in [2.45, 2.75) is 13.5 Å². The van der Waals surface area contributed by atoms with E-state index in [9.17, 15) is 5.21 Å². The highest BCUT2D eigenvalue weighted by molar-refractivity contribution is 5.21.